The summed E-state index contributed by atoms with van der Waals surface area (Å²) in [5.41, 5.74) is 0.821. The summed E-state index contributed by atoms with van der Waals surface area (Å²) < 4.78 is 13.8. The number of guanidine groups is 1. The average molecular weight is 449 g/mol. The summed E-state index contributed by atoms with van der Waals surface area (Å²) in [5.74, 6) is 2.31. The molecule has 1 aromatic rings. The van der Waals surface area contributed by atoms with Crippen molar-refractivity contribution in [2.45, 2.75) is 43.4 Å². The van der Waals surface area contributed by atoms with Crippen molar-refractivity contribution >= 4 is 41.7 Å². The molecule has 23 heavy (non-hydrogen) atoms. The number of benzene rings is 1. The van der Waals surface area contributed by atoms with Gasteiger partial charge in [0, 0.05) is 23.8 Å². The Bertz CT molecular complexity index is 534. The SMILES string of the molecule is CCNC(=NCC1CCCS1)NC1CC1c1ccccc1F.I. The maximum absolute atomic E-state index is 13.8. The highest BCUT2D eigenvalue weighted by molar-refractivity contribution is 14.0. The molecule has 3 rings (SSSR count). The third-order valence-electron chi connectivity index (χ3n) is 4.24. The summed E-state index contributed by atoms with van der Waals surface area (Å²) in [6.07, 6.45) is 3.56. The molecule has 0 spiro atoms. The molecule has 0 radical (unpaired) electrons. The van der Waals surface area contributed by atoms with Crippen LogP contribution < -0.4 is 10.6 Å². The fourth-order valence-electron chi connectivity index (χ4n) is 2.95. The van der Waals surface area contributed by atoms with Crippen molar-refractivity contribution in [1.82, 2.24) is 10.6 Å². The van der Waals surface area contributed by atoms with Crippen molar-refractivity contribution < 1.29 is 4.39 Å². The fraction of sp³-hybridized carbons (Fsp3) is 0.588. The first kappa shape index (κ1) is 18.8. The van der Waals surface area contributed by atoms with Gasteiger partial charge in [-0.25, -0.2) is 4.39 Å². The monoisotopic (exact) mass is 449 g/mol. The first-order valence-electron chi connectivity index (χ1n) is 8.18. The molecule has 2 fully saturated rings. The zero-order valence-electron chi connectivity index (χ0n) is 13.4. The van der Waals surface area contributed by atoms with Crippen molar-refractivity contribution in [2.75, 3.05) is 18.8 Å². The molecule has 1 saturated heterocycles. The second-order valence-electron chi connectivity index (χ2n) is 5.97. The molecule has 1 saturated carbocycles. The highest BCUT2D eigenvalue weighted by Gasteiger charge is 2.40. The second kappa shape index (κ2) is 9.11. The Kier molecular flexibility index (Phi) is 7.46. The smallest absolute Gasteiger partial charge is 0.191 e. The van der Waals surface area contributed by atoms with Gasteiger partial charge in [-0.05, 0) is 43.6 Å². The molecule has 3 atom stereocenters. The fourth-order valence-corrected chi connectivity index (χ4v) is 4.13. The summed E-state index contributed by atoms with van der Waals surface area (Å²) in [5, 5.41) is 7.42. The lowest BCUT2D eigenvalue weighted by atomic mass is 10.1. The molecule has 1 aliphatic heterocycles. The maximum atomic E-state index is 13.8. The minimum atomic E-state index is -0.0962. The topological polar surface area (TPSA) is 36.4 Å². The number of hydrogen-bond acceptors (Lipinski definition) is 2. The molecule has 0 amide bonds. The number of hydrogen-bond donors (Lipinski definition) is 2. The van der Waals surface area contributed by atoms with E-state index in [1.807, 2.05) is 23.9 Å². The van der Waals surface area contributed by atoms with E-state index in [1.54, 1.807) is 12.1 Å². The Morgan fingerprint density at radius 1 is 1.39 bits per heavy atom. The summed E-state index contributed by atoms with van der Waals surface area (Å²) in [7, 11) is 0. The molecule has 128 valence electrons. The lowest BCUT2D eigenvalue weighted by Crippen LogP contribution is -2.39. The van der Waals surface area contributed by atoms with Crippen molar-refractivity contribution in [2.24, 2.45) is 4.99 Å². The van der Waals surface area contributed by atoms with E-state index in [0.29, 0.717) is 11.3 Å². The van der Waals surface area contributed by atoms with E-state index in [2.05, 4.69) is 17.6 Å². The molecule has 0 bridgehead atoms. The number of nitrogens with zero attached hydrogens (tertiary/aromatic N) is 1. The zero-order valence-corrected chi connectivity index (χ0v) is 16.6. The predicted molar refractivity (Wildman–Crippen MR) is 108 cm³/mol. The average Bonchev–Trinajstić information content (AvgIpc) is 3.07. The number of aliphatic imine (C=N–C) groups is 1. The Hall–Kier alpha value is -0.500. The highest BCUT2D eigenvalue weighted by Crippen LogP contribution is 2.41. The van der Waals surface area contributed by atoms with Gasteiger partial charge in [0.05, 0.1) is 6.54 Å². The van der Waals surface area contributed by atoms with Crippen LogP contribution in [0.15, 0.2) is 29.3 Å². The van der Waals surface area contributed by atoms with E-state index >= 15 is 0 Å². The number of rotatable bonds is 5. The molecule has 1 aliphatic carbocycles. The van der Waals surface area contributed by atoms with Crippen LogP contribution in [0.5, 0.6) is 0 Å². The van der Waals surface area contributed by atoms with Crippen LogP contribution in [-0.2, 0) is 0 Å². The van der Waals surface area contributed by atoms with Gasteiger partial charge in [-0.15, -0.1) is 24.0 Å². The summed E-state index contributed by atoms with van der Waals surface area (Å²) >= 11 is 2.02. The minimum Gasteiger partial charge on any atom is -0.357 e. The van der Waals surface area contributed by atoms with Crippen LogP contribution in [0, 0.1) is 5.82 Å². The molecule has 0 aromatic heterocycles. The molecular formula is C17H25FIN3S. The third-order valence-corrected chi connectivity index (χ3v) is 5.62. The molecule has 3 nitrogen and oxygen atoms in total. The predicted octanol–water partition coefficient (Wildman–Crippen LogP) is 3.75. The number of halogens is 2. The van der Waals surface area contributed by atoms with Crippen LogP contribution in [0.1, 0.15) is 37.7 Å². The molecule has 1 heterocycles. The molecule has 6 heteroatoms. The number of nitrogens with one attached hydrogen (secondary N) is 2. The second-order valence-corrected chi connectivity index (χ2v) is 7.38. The standard InChI is InChI=1S/C17H24FN3S.HI/c1-2-19-17(20-11-12-6-5-9-22-12)21-16-10-14(16)13-7-3-4-8-15(13)18;/h3-4,7-8,12,14,16H,2,5-6,9-11H2,1H3,(H2,19,20,21);1H. The van der Waals surface area contributed by atoms with Gasteiger partial charge >= 0.3 is 0 Å². The molecule has 2 N–H and O–H groups in total. The van der Waals surface area contributed by atoms with Gasteiger partial charge in [0.15, 0.2) is 5.96 Å². The van der Waals surface area contributed by atoms with Crippen molar-refractivity contribution in [3.63, 3.8) is 0 Å². The van der Waals surface area contributed by atoms with Crippen LogP contribution in [0.4, 0.5) is 4.39 Å². The van der Waals surface area contributed by atoms with Gasteiger partial charge in [0.1, 0.15) is 5.82 Å². The summed E-state index contributed by atoms with van der Waals surface area (Å²) in [4.78, 5) is 4.71. The largest absolute Gasteiger partial charge is 0.357 e. The van der Waals surface area contributed by atoms with Crippen molar-refractivity contribution in [1.29, 1.82) is 0 Å². The Balaban J connectivity index is 0.00000192. The Morgan fingerprint density at radius 2 is 2.22 bits per heavy atom. The van der Waals surface area contributed by atoms with E-state index in [4.69, 9.17) is 4.99 Å². The van der Waals surface area contributed by atoms with E-state index in [1.165, 1.54) is 18.6 Å². The van der Waals surface area contributed by atoms with Crippen LogP contribution in [0.3, 0.4) is 0 Å². The molecule has 1 aromatic carbocycles. The summed E-state index contributed by atoms with van der Waals surface area (Å²) in [6.45, 7) is 3.79. The van der Waals surface area contributed by atoms with Crippen LogP contribution in [-0.4, -0.2) is 36.1 Å². The molecular weight excluding hydrogens is 424 g/mol. The molecule has 3 unspecified atom stereocenters. The van der Waals surface area contributed by atoms with Crippen LogP contribution >= 0.6 is 35.7 Å². The number of thioether (sulfide) groups is 1. The van der Waals surface area contributed by atoms with E-state index in [0.717, 1.165) is 31.0 Å². The lowest BCUT2D eigenvalue weighted by molar-refractivity contribution is 0.607. The van der Waals surface area contributed by atoms with Crippen LogP contribution in [0.25, 0.3) is 0 Å². The van der Waals surface area contributed by atoms with Crippen molar-refractivity contribution in [3.8, 4) is 0 Å². The Labute approximate surface area is 159 Å². The lowest BCUT2D eigenvalue weighted by Gasteiger charge is -2.13. The van der Waals surface area contributed by atoms with Crippen LogP contribution in [0.2, 0.25) is 0 Å². The van der Waals surface area contributed by atoms with Gasteiger partial charge in [0.25, 0.3) is 0 Å². The zero-order chi connectivity index (χ0) is 15.4. The van der Waals surface area contributed by atoms with E-state index in [9.17, 15) is 4.39 Å². The van der Waals surface area contributed by atoms with Gasteiger partial charge < -0.3 is 10.6 Å². The van der Waals surface area contributed by atoms with Gasteiger partial charge in [0.2, 0.25) is 0 Å². The Morgan fingerprint density at radius 3 is 2.91 bits per heavy atom. The van der Waals surface area contributed by atoms with Gasteiger partial charge in [-0.2, -0.15) is 11.8 Å². The first-order chi connectivity index (χ1) is 10.8. The normalized spacial score (nSPS) is 26.5. The maximum Gasteiger partial charge on any atom is 0.191 e. The van der Waals surface area contributed by atoms with E-state index in [-0.39, 0.29) is 35.7 Å². The first-order valence-corrected chi connectivity index (χ1v) is 9.23. The minimum absolute atomic E-state index is 0. The summed E-state index contributed by atoms with van der Waals surface area (Å²) in [6, 6.07) is 7.38. The van der Waals surface area contributed by atoms with Gasteiger partial charge in [-0.3, -0.25) is 4.99 Å². The molecule has 2 aliphatic rings. The highest BCUT2D eigenvalue weighted by atomic mass is 127. The van der Waals surface area contributed by atoms with E-state index < -0.39 is 0 Å². The quantitative estimate of drug-likeness (QED) is 0.409. The van der Waals surface area contributed by atoms with Crippen molar-refractivity contribution in [3.05, 3.63) is 35.6 Å². The third kappa shape index (κ3) is 5.24. The van der Waals surface area contributed by atoms with Gasteiger partial charge in [-0.1, -0.05) is 18.2 Å².